The van der Waals surface area contributed by atoms with Gasteiger partial charge in [0.15, 0.2) is 0 Å². The SMILES string of the molecule is CS(=O)(=O)N1Cc2ccccc2OC2(CCN(CC3CCOC3)CC2)C1. The minimum atomic E-state index is -3.28. The molecule has 2 fully saturated rings. The molecule has 0 bridgehead atoms. The molecule has 6 nitrogen and oxygen atoms in total. The average Bonchev–Trinajstić information content (AvgIpc) is 3.04. The van der Waals surface area contributed by atoms with Crippen molar-refractivity contribution >= 4 is 10.0 Å². The molecule has 3 aliphatic rings. The molecule has 1 spiro atoms. The average molecular weight is 381 g/mol. The number of sulfonamides is 1. The van der Waals surface area contributed by atoms with Crippen LogP contribution in [0.2, 0.25) is 0 Å². The molecule has 1 atom stereocenters. The second-order valence-electron chi connectivity index (χ2n) is 7.95. The first-order chi connectivity index (χ1) is 12.4. The maximum Gasteiger partial charge on any atom is 0.211 e. The Morgan fingerprint density at radius 1 is 1.23 bits per heavy atom. The number of para-hydroxylation sites is 1. The minimum absolute atomic E-state index is 0.389. The van der Waals surface area contributed by atoms with Crippen molar-refractivity contribution in [1.82, 2.24) is 9.21 Å². The lowest BCUT2D eigenvalue weighted by molar-refractivity contribution is -0.00906. The Hall–Kier alpha value is -1.15. The van der Waals surface area contributed by atoms with Crippen molar-refractivity contribution in [3.63, 3.8) is 0 Å². The van der Waals surface area contributed by atoms with E-state index in [1.54, 1.807) is 4.31 Å². The summed E-state index contributed by atoms with van der Waals surface area (Å²) in [6.07, 6.45) is 4.14. The number of hydrogen-bond acceptors (Lipinski definition) is 5. The summed E-state index contributed by atoms with van der Waals surface area (Å²) in [7, 11) is -3.28. The summed E-state index contributed by atoms with van der Waals surface area (Å²) in [5, 5.41) is 0. The van der Waals surface area contributed by atoms with Crippen LogP contribution < -0.4 is 4.74 Å². The quantitative estimate of drug-likeness (QED) is 0.799. The molecule has 0 aliphatic carbocycles. The van der Waals surface area contributed by atoms with E-state index in [2.05, 4.69) is 4.90 Å². The van der Waals surface area contributed by atoms with E-state index in [1.807, 2.05) is 24.3 Å². The van der Waals surface area contributed by atoms with Crippen molar-refractivity contribution in [2.24, 2.45) is 5.92 Å². The molecule has 0 amide bonds. The highest BCUT2D eigenvalue weighted by Gasteiger charge is 2.43. The van der Waals surface area contributed by atoms with Gasteiger partial charge in [0.05, 0.1) is 19.4 Å². The molecule has 1 unspecified atom stereocenters. The van der Waals surface area contributed by atoms with Gasteiger partial charge in [-0.3, -0.25) is 0 Å². The van der Waals surface area contributed by atoms with Crippen LogP contribution in [0.25, 0.3) is 0 Å². The van der Waals surface area contributed by atoms with Crippen molar-refractivity contribution in [2.75, 3.05) is 45.6 Å². The van der Waals surface area contributed by atoms with E-state index in [0.717, 1.165) is 63.4 Å². The summed E-state index contributed by atoms with van der Waals surface area (Å²) in [4.78, 5) is 2.48. The van der Waals surface area contributed by atoms with Crippen LogP contribution in [0.1, 0.15) is 24.8 Å². The number of nitrogens with zero attached hydrogens (tertiary/aromatic N) is 2. The molecule has 3 aliphatic heterocycles. The zero-order chi connectivity index (χ0) is 18.2. The number of hydrogen-bond donors (Lipinski definition) is 0. The third kappa shape index (κ3) is 3.91. The Bertz CT molecular complexity index is 738. The Morgan fingerprint density at radius 2 is 2.00 bits per heavy atom. The van der Waals surface area contributed by atoms with Gasteiger partial charge in [0.25, 0.3) is 0 Å². The third-order valence-electron chi connectivity index (χ3n) is 5.89. The van der Waals surface area contributed by atoms with Gasteiger partial charge in [0, 0.05) is 51.2 Å². The Morgan fingerprint density at radius 3 is 2.69 bits per heavy atom. The molecule has 26 heavy (non-hydrogen) atoms. The number of likely N-dealkylation sites (tertiary alicyclic amines) is 1. The molecule has 144 valence electrons. The molecular weight excluding hydrogens is 352 g/mol. The molecular formula is C19H28N2O4S. The van der Waals surface area contributed by atoms with Gasteiger partial charge in [-0.15, -0.1) is 0 Å². The van der Waals surface area contributed by atoms with Gasteiger partial charge in [0.1, 0.15) is 11.4 Å². The lowest BCUT2D eigenvalue weighted by Gasteiger charge is -2.43. The predicted molar refractivity (Wildman–Crippen MR) is 99.7 cm³/mol. The maximum absolute atomic E-state index is 12.3. The van der Waals surface area contributed by atoms with Gasteiger partial charge >= 0.3 is 0 Å². The van der Waals surface area contributed by atoms with E-state index in [0.29, 0.717) is 19.0 Å². The standard InChI is InChI=1S/C19H28N2O4S/c1-26(22,23)21-13-17-4-2-3-5-18(17)25-19(15-21)7-9-20(10-8-19)12-16-6-11-24-14-16/h2-5,16H,6-15H2,1H3. The topological polar surface area (TPSA) is 59.1 Å². The molecule has 7 heteroatoms. The fourth-order valence-electron chi connectivity index (χ4n) is 4.30. The molecule has 2 saturated heterocycles. The molecule has 0 saturated carbocycles. The Labute approximate surface area is 156 Å². The molecule has 0 aromatic heterocycles. The molecule has 3 heterocycles. The van der Waals surface area contributed by atoms with Gasteiger partial charge in [0.2, 0.25) is 10.0 Å². The zero-order valence-electron chi connectivity index (χ0n) is 15.4. The van der Waals surface area contributed by atoms with Gasteiger partial charge in [-0.25, -0.2) is 8.42 Å². The number of rotatable bonds is 3. The fourth-order valence-corrected chi connectivity index (χ4v) is 5.14. The monoisotopic (exact) mass is 380 g/mol. The van der Waals surface area contributed by atoms with Crippen LogP contribution in [0.5, 0.6) is 5.75 Å². The van der Waals surface area contributed by atoms with E-state index < -0.39 is 15.6 Å². The van der Waals surface area contributed by atoms with Crippen molar-refractivity contribution < 1.29 is 17.9 Å². The largest absolute Gasteiger partial charge is 0.485 e. The first kappa shape index (κ1) is 18.2. The summed E-state index contributed by atoms with van der Waals surface area (Å²) in [5.41, 5.74) is 0.513. The molecule has 1 aromatic carbocycles. The zero-order valence-corrected chi connectivity index (χ0v) is 16.2. The number of benzene rings is 1. The summed E-state index contributed by atoms with van der Waals surface area (Å²) >= 11 is 0. The lowest BCUT2D eigenvalue weighted by Crippen LogP contribution is -2.54. The van der Waals surface area contributed by atoms with Crippen molar-refractivity contribution in [3.8, 4) is 5.75 Å². The van der Waals surface area contributed by atoms with E-state index in [9.17, 15) is 8.42 Å². The Balaban J connectivity index is 1.51. The van der Waals surface area contributed by atoms with Crippen LogP contribution in [0.4, 0.5) is 0 Å². The first-order valence-corrected chi connectivity index (χ1v) is 11.3. The van der Waals surface area contributed by atoms with Gasteiger partial charge in [-0.1, -0.05) is 18.2 Å². The van der Waals surface area contributed by atoms with E-state index >= 15 is 0 Å². The van der Waals surface area contributed by atoms with Crippen LogP contribution in [-0.2, 0) is 21.3 Å². The molecule has 1 aromatic rings. The summed E-state index contributed by atoms with van der Waals surface area (Å²) < 4.78 is 38.2. The van der Waals surface area contributed by atoms with Crippen LogP contribution >= 0.6 is 0 Å². The van der Waals surface area contributed by atoms with Crippen molar-refractivity contribution in [1.29, 1.82) is 0 Å². The van der Waals surface area contributed by atoms with Crippen LogP contribution in [0, 0.1) is 5.92 Å². The van der Waals surface area contributed by atoms with Crippen molar-refractivity contribution in [3.05, 3.63) is 29.8 Å². The first-order valence-electron chi connectivity index (χ1n) is 9.46. The number of ether oxygens (including phenoxy) is 2. The van der Waals surface area contributed by atoms with E-state index in [-0.39, 0.29) is 0 Å². The van der Waals surface area contributed by atoms with Gasteiger partial charge in [-0.2, -0.15) is 4.31 Å². The second kappa shape index (κ2) is 7.11. The minimum Gasteiger partial charge on any atom is -0.485 e. The van der Waals surface area contributed by atoms with Crippen LogP contribution in [0.3, 0.4) is 0 Å². The number of fused-ring (bicyclic) bond motifs is 1. The molecule has 0 radical (unpaired) electrons. The fraction of sp³-hybridized carbons (Fsp3) is 0.684. The predicted octanol–water partition coefficient (Wildman–Crippen LogP) is 1.71. The lowest BCUT2D eigenvalue weighted by atomic mass is 9.90. The van der Waals surface area contributed by atoms with E-state index in [1.165, 1.54) is 6.26 Å². The highest BCUT2D eigenvalue weighted by Crippen LogP contribution is 2.36. The normalized spacial score (nSPS) is 27.0. The maximum atomic E-state index is 12.3. The smallest absolute Gasteiger partial charge is 0.211 e. The second-order valence-corrected chi connectivity index (χ2v) is 9.94. The van der Waals surface area contributed by atoms with Gasteiger partial charge < -0.3 is 14.4 Å². The highest BCUT2D eigenvalue weighted by atomic mass is 32.2. The third-order valence-corrected chi connectivity index (χ3v) is 7.08. The van der Waals surface area contributed by atoms with Crippen LogP contribution in [0.15, 0.2) is 24.3 Å². The van der Waals surface area contributed by atoms with Gasteiger partial charge in [-0.05, 0) is 18.4 Å². The van der Waals surface area contributed by atoms with E-state index in [4.69, 9.17) is 9.47 Å². The summed E-state index contributed by atoms with van der Waals surface area (Å²) in [6.45, 7) is 5.52. The molecule has 4 rings (SSSR count). The van der Waals surface area contributed by atoms with Crippen molar-refractivity contribution in [2.45, 2.75) is 31.4 Å². The number of piperidine rings is 1. The highest BCUT2D eigenvalue weighted by molar-refractivity contribution is 7.88. The Kier molecular flexibility index (Phi) is 4.98. The molecule has 0 N–H and O–H groups in total. The summed E-state index contributed by atoms with van der Waals surface area (Å²) in [5.74, 6) is 1.46. The van der Waals surface area contributed by atoms with Crippen LogP contribution in [-0.4, -0.2) is 68.9 Å². The summed E-state index contributed by atoms with van der Waals surface area (Å²) in [6, 6.07) is 7.82.